The van der Waals surface area contributed by atoms with Gasteiger partial charge in [-0.1, -0.05) is 23.2 Å². The van der Waals surface area contributed by atoms with E-state index in [1.54, 1.807) is 6.07 Å². The number of rotatable bonds is 2. The number of nitrogens with one attached hydrogen (secondary N) is 1. The van der Waals surface area contributed by atoms with Crippen molar-refractivity contribution in [2.45, 2.75) is 12.5 Å². The van der Waals surface area contributed by atoms with E-state index in [0.29, 0.717) is 18.8 Å². The standard InChI is InChI=1S/C10H10Cl2N2O2/c11-8-2-1-7(9(12)14-8)10(15)13-6-3-4-16-5-6/h1-2,6H,3-5H2,(H,13,15). The van der Waals surface area contributed by atoms with Crippen LogP contribution in [-0.2, 0) is 4.74 Å². The van der Waals surface area contributed by atoms with Gasteiger partial charge < -0.3 is 10.1 Å². The largest absolute Gasteiger partial charge is 0.379 e. The summed E-state index contributed by atoms with van der Waals surface area (Å²) in [6, 6.07) is 3.15. The molecule has 1 aromatic rings. The van der Waals surface area contributed by atoms with Crippen molar-refractivity contribution < 1.29 is 9.53 Å². The Kier molecular flexibility index (Phi) is 3.63. The molecule has 1 saturated heterocycles. The minimum Gasteiger partial charge on any atom is -0.379 e. The lowest BCUT2D eigenvalue weighted by molar-refractivity contribution is 0.0929. The molecule has 6 heteroatoms. The quantitative estimate of drug-likeness (QED) is 0.827. The fraction of sp³-hybridized carbons (Fsp3) is 0.400. The number of amides is 1. The highest BCUT2D eigenvalue weighted by atomic mass is 35.5. The third-order valence-corrected chi connectivity index (χ3v) is 2.82. The molecule has 1 amide bonds. The van der Waals surface area contributed by atoms with Gasteiger partial charge in [-0.3, -0.25) is 4.79 Å². The molecular formula is C10H10Cl2N2O2. The molecule has 2 heterocycles. The van der Waals surface area contributed by atoms with E-state index in [0.717, 1.165) is 6.42 Å². The van der Waals surface area contributed by atoms with Gasteiger partial charge in [-0.05, 0) is 18.6 Å². The van der Waals surface area contributed by atoms with E-state index < -0.39 is 0 Å². The van der Waals surface area contributed by atoms with Crippen LogP contribution in [0, 0.1) is 0 Å². The van der Waals surface area contributed by atoms with Crippen molar-refractivity contribution in [3.8, 4) is 0 Å². The molecule has 0 bridgehead atoms. The van der Waals surface area contributed by atoms with E-state index in [1.165, 1.54) is 6.07 Å². The van der Waals surface area contributed by atoms with Crippen LogP contribution in [0.5, 0.6) is 0 Å². The van der Waals surface area contributed by atoms with E-state index >= 15 is 0 Å². The molecule has 0 saturated carbocycles. The molecule has 1 atom stereocenters. The molecule has 86 valence electrons. The van der Waals surface area contributed by atoms with Crippen LogP contribution in [0.25, 0.3) is 0 Å². The molecule has 1 unspecified atom stereocenters. The second-order valence-electron chi connectivity index (χ2n) is 3.51. The van der Waals surface area contributed by atoms with Crippen molar-refractivity contribution >= 4 is 29.1 Å². The molecule has 1 aliphatic heterocycles. The van der Waals surface area contributed by atoms with Gasteiger partial charge in [0.25, 0.3) is 5.91 Å². The van der Waals surface area contributed by atoms with Gasteiger partial charge in [-0.15, -0.1) is 0 Å². The van der Waals surface area contributed by atoms with Crippen LogP contribution in [-0.4, -0.2) is 30.1 Å². The maximum Gasteiger partial charge on any atom is 0.254 e. The SMILES string of the molecule is O=C(NC1CCOC1)c1ccc(Cl)nc1Cl. The lowest BCUT2D eigenvalue weighted by Crippen LogP contribution is -2.35. The Morgan fingerprint density at radius 1 is 1.50 bits per heavy atom. The van der Waals surface area contributed by atoms with Gasteiger partial charge in [-0.2, -0.15) is 0 Å². The van der Waals surface area contributed by atoms with Gasteiger partial charge in [0.2, 0.25) is 0 Å². The Labute approximate surface area is 103 Å². The molecule has 1 N–H and O–H groups in total. The number of carbonyl (C=O) groups is 1. The van der Waals surface area contributed by atoms with E-state index in [2.05, 4.69) is 10.3 Å². The van der Waals surface area contributed by atoms with Crippen LogP contribution in [0.3, 0.4) is 0 Å². The maximum atomic E-state index is 11.8. The molecule has 0 spiro atoms. The van der Waals surface area contributed by atoms with Gasteiger partial charge in [-0.25, -0.2) is 4.98 Å². The molecule has 1 aromatic heterocycles. The zero-order valence-electron chi connectivity index (χ0n) is 8.37. The Morgan fingerprint density at radius 2 is 2.31 bits per heavy atom. The molecule has 1 aliphatic rings. The summed E-state index contributed by atoms with van der Waals surface area (Å²) in [6.45, 7) is 1.22. The van der Waals surface area contributed by atoms with Crippen LogP contribution in [0.4, 0.5) is 0 Å². The monoisotopic (exact) mass is 260 g/mol. The number of nitrogens with zero attached hydrogens (tertiary/aromatic N) is 1. The van der Waals surface area contributed by atoms with E-state index in [9.17, 15) is 4.79 Å². The predicted molar refractivity (Wildman–Crippen MR) is 60.9 cm³/mol. The molecule has 2 rings (SSSR count). The highest BCUT2D eigenvalue weighted by Crippen LogP contribution is 2.17. The lowest BCUT2D eigenvalue weighted by atomic mass is 10.2. The first-order valence-electron chi connectivity index (χ1n) is 4.87. The van der Waals surface area contributed by atoms with Crippen molar-refractivity contribution in [2.75, 3.05) is 13.2 Å². The fourth-order valence-electron chi connectivity index (χ4n) is 1.49. The molecule has 0 aliphatic carbocycles. The summed E-state index contributed by atoms with van der Waals surface area (Å²) in [6.07, 6.45) is 0.824. The first kappa shape index (κ1) is 11.6. The summed E-state index contributed by atoms with van der Waals surface area (Å²) in [5.41, 5.74) is 0.331. The third kappa shape index (κ3) is 2.64. The molecular weight excluding hydrogens is 251 g/mol. The number of halogens is 2. The van der Waals surface area contributed by atoms with E-state index in [1.807, 2.05) is 0 Å². The maximum absolute atomic E-state index is 11.8. The molecule has 0 aromatic carbocycles. The Bertz CT molecular complexity index is 406. The number of carbonyl (C=O) groups excluding carboxylic acids is 1. The zero-order valence-corrected chi connectivity index (χ0v) is 9.88. The van der Waals surface area contributed by atoms with Crippen molar-refractivity contribution in [3.63, 3.8) is 0 Å². The Morgan fingerprint density at radius 3 is 2.94 bits per heavy atom. The van der Waals surface area contributed by atoms with Crippen LogP contribution in [0.15, 0.2) is 12.1 Å². The topological polar surface area (TPSA) is 51.2 Å². The molecule has 16 heavy (non-hydrogen) atoms. The van der Waals surface area contributed by atoms with Crippen molar-refractivity contribution in [1.82, 2.24) is 10.3 Å². The summed E-state index contributed by atoms with van der Waals surface area (Å²) < 4.78 is 5.16. The third-order valence-electron chi connectivity index (χ3n) is 2.32. The van der Waals surface area contributed by atoms with Crippen molar-refractivity contribution in [3.05, 3.63) is 28.0 Å². The van der Waals surface area contributed by atoms with Gasteiger partial charge >= 0.3 is 0 Å². The van der Waals surface area contributed by atoms with Crippen LogP contribution < -0.4 is 5.32 Å². The van der Waals surface area contributed by atoms with Crippen LogP contribution >= 0.6 is 23.2 Å². The normalized spacial score (nSPS) is 19.8. The summed E-state index contributed by atoms with van der Waals surface area (Å²) in [5.74, 6) is -0.246. The summed E-state index contributed by atoms with van der Waals surface area (Å²) in [7, 11) is 0. The van der Waals surface area contributed by atoms with Gasteiger partial charge in [0.15, 0.2) is 0 Å². The minimum absolute atomic E-state index is 0.0549. The molecule has 0 radical (unpaired) electrons. The Hall–Kier alpha value is -0.840. The van der Waals surface area contributed by atoms with Gasteiger partial charge in [0.1, 0.15) is 10.3 Å². The number of hydrogen-bond donors (Lipinski definition) is 1. The van der Waals surface area contributed by atoms with Crippen molar-refractivity contribution in [2.24, 2.45) is 0 Å². The number of aromatic nitrogens is 1. The number of ether oxygens (including phenoxy) is 1. The smallest absolute Gasteiger partial charge is 0.254 e. The van der Waals surface area contributed by atoms with E-state index in [-0.39, 0.29) is 22.3 Å². The van der Waals surface area contributed by atoms with E-state index in [4.69, 9.17) is 27.9 Å². The second-order valence-corrected chi connectivity index (χ2v) is 4.25. The van der Waals surface area contributed by atoms with Gasteiger partial charge in [0, 0.05) is 6.61 Å². The minimum atomic E-state index is -0.246. The zero-order chi connectivity index (χ0) is 11.5. The highest BCUT2D eigenvalue weighted by molar-refractivity contribution is 6.34. The highest BCUT2D eigenvalue weighted by Gasteiger charge is 2.20. The fourth-order valence-corrected chi connectivity index (χ4v) is 1.92. The summed E-state index contributed by atoms with van der Waals surface area (Å²) >= 11 is 11.5. The first-order valence-corrected chi connectivity index (χ1v) is 5.63. The average molecular weight is 261 g/mol. The number of pyridine rings is 1. The molecule has 4 nitrogen and oxygen atoms in total. The first-order chi connectivity index (χ1) is 7.66. The van der Waals surface area contributed by atoms with Crippen molar-refractivity contribution in [1.29, 1.82) is 0 Å². The van der Waals surface area contributed by atoms with Crippen LogP contribution in [0.2, 0.25) is 10.3 Å². The second kappa shape index (κ2) is 4.99. The van der Waals surface area contributed by atoms with Crippen LogP contribution in [0.1, 0.15) is 16.8 Å². The molecule has 1 fully saturated rings. The number of hydrogen-bond acceptors (Lipinski definition) is 3. The van der Waals surface area contributed by atoms with Gasteiger partial charge in [0.05, 0.1) is 18.2 Å². The average Bonchev–Trinajstić information content (AvgIpc) is 2.70. The Balaban J connectivity index is 2.08. The summed E-state index contributed by atoms with van der Waals surface area (Å²) in [5, 5.41) is 3.21. The lowest BCUT2D eigenvalue weighted by Gasteiger charge is -2.11. The predicted octanol–water partition coefficient (Wildman–Crippen LogP) is 1.91. The summed E-state index contributed by atoms with van der Waals surface area (Å²) in [4.78, 5) is 15.6.